The van der Waals surface area contributed by atoms with Crippen molar-refractivity contribution in [2.45, 2.75) is 76.4 Å². The first-order valence-electron chi connectivity index (χ1n) is 17.6. The zero-order valence-corrected chi connectivity index (χ0v) is 29.1. The molecule has 2 atom stereocenters. The van der Waals surface area contributed by atoms with Crippen molar-refractivity contribution < 1.29 is 33.8 Å². The van der Waals surface area contributed by atoms with Gasteiger partial charge in [-0.05, 0) is 89.9 Å². The molecule has 1 heterocycles. The highest BCUT2D eigenvalue weighted by molar-refractivity contribution is 6.06. The monoisotopic (exact) mass is 721 g/mol. The van der Waals surface area contributed by atoms with Gasteiger partial charge in [-0.3, -0.25) is 19.2 Å². The predicted octanol–water partition coefficient (Wildman–Crippen LogP) is 5.57. The number of H-pyrrole nitrogens is 1. The summed E-state index contributed by atoms with van der Waals surface area (Å²) in [6.07, 6.45) is 3.56. The quantitative estimate of drug-likeness (QED) is 0.0797. The fourth-order valence-electron chi connectivity index (χ4n) is 6.96. The van der Waals surface area contributed by atoms with Gasteiger partial charge in [0.1, 0.15) is 23.7 Å². The smallest absolute Gasteiger partial charge is 0.326 e. The van der Waals surface area contributed by atoms with E-state index in [0.717, 1.165) is 59.2 Å². The Labute approximate surface area is 303 Å². The third-order valence-electron chi connectivity index (χ3n) is 9.68. The van der Waals surface area contributed by atoms with Gasteiger partial charge in [0.05, 0.1) is 16.5 Å². The number of anilines is 1. The number of carbonyl (C=O) groups excluding carboxylic acids is 2. The Bertz CT molecular complexity index is 2270. The third-order valence-corrected chi connectivity index (χ3v) is 9.68. The maximum atomic E-state index is 15.3. The van der Waals surface area contributed by atoms with Crippen LogP contribution in [0, 0.1) is 12.7 Å². The lowest BCUT2D eigenvalue weighted by Crippen LogP contribution is -2.52. The van der Waals surface area contributed by atoms with Crippen LogP contribution in [-0.2, 0) is 27.3 Å². The number of aliphatic carboxylic acids is 2. The molecule has 12 nitrogen and oxygen atoms in total. The number of aromatic nitrogens is 2. The van der Waals surface area contributed by atoms with Crippen LogP contribution in [0.4, 0.5) is 10.1 Å². The first kappa shape index (κ1) is 36.7. The lowest BCUT2D eigenvalue weighted by Gasteiger charge is -2.22. The summed E-state index contributed by atoms with van der Waals surface area (Å²) in [5.74, 6) is -4.35. The Morgan fingerprint density at radius 1 is 0.925 bits per heavy atom. The molecule has 0 bridgehead atoms. The molecule has 53 heavy (non-hydrogen) atoms. The van der Waals surface area contributed by atoms with E-state index in [-0.39, 0.29) is 30.5 Å². The van der Waals surface area contributed by atoms with Crippen molar-refractivity contribution in [3.63, 3.8) is 0 Å². The zero-order chi connectivity index (χ0) is 37.6. The average Bonchev–Trinajstić information content (AvgIpc) is 3.67. The van der Waals surface area contributed by atoms with E-state index < -0.39 is 48.1 Å². The number of fused-ring (bicyclic) bond motifs is 3. The number of aromatic amines is 1. The maximum absolute atomic E-state index is 15.3. The number of rotatable bonds is 14. The summed E-state index contributed by atoms with van der Waals surface area (Å²) in [7, 11) is 0. The molecule has 1 aliphatic carbocycles. The van der Waals surface area contributed by atoms with Crippen LogP contribution in [0.2, 0.25) is 0 Å². The second-order valence-electron chi connectivity index (χ2n) is 13.5. The lowest BCUT2D eigenvalue weighted by molar-refractivity contribution is -0.142. The van der Waals surface area contributed by atoms with Gasteiger partial charge in [0, 0.05) is 25.1 Å². The van der Waals surface area contributed by atoms with E-state index in [1.807, 2.05) is 42.5 Å². The number of hydrogen-bond acceptors (Lipinski definition) is 7. The number of amides is 2. The summed E-state index contributed by atoms with van der Waals surface area (Å²) in [4.78, 5) is 70.0. The second kappa shape index (κ2) is 16.1. The van der Waals surface area contributed by atoms with Gasteiger partial charge in [0.15, 0.2) is 0 Å². The van der Waals surface area contributed by atoms with Gasteiger partial charge in [-0.15, -0.1) is 0 Å². The van der Waals surface area contributed by atoms with Gasteiger partial charge in [0.25, 0.3) is 11.5 Å². The van der Waals surface area contributed by atoms with E-state index in [2.05, 4.69) is 25.9 Å². The predicted molar refractivity (Wildman–Crippen MR) is 197 cm³/mol. The van der Waals surface area contributed by atoms with Crippen molar-refractivity contribution in [1.82, 2.24) is 20.6 Å². The SMILES string of the molecule is Cc1nc2ccc3ccc(CNc4ccc(C(=O)N[C@@H](CCC(=O)O)C(=O)N[C@@H](Cc5cccc(C6CCCC6)c5)C(=O)O)c(F)c4)cc3c2c(=O)[nH]1. The van der Waals surface area contributed by atoms with Gasteiger partial charge >= 0.3 is 11.9 Å². The molecule has 4 aromatic carbocycles. The molecule has 1 aromatic heterocycles. The van der Waals surface area contributed by atoms with Crippen LogP contribution in [-0.4, -0.2) is 56.0 Å². The molecular formula is C40H40FN5O7. The van der Waals surface area contributed by atoms with E-state index in [9.17, 15) is 34.2 Å². The molecule has 1 fully saturated rings. The molecule has 2 amide bonds. The fraction of sp³-hybridized carbons (Fsp3) is 0.300. The van der Waals surface area contributed by atoms with Crippen molar-refractivity contribution in [3.05, 3.63) is 117 Å². The summed E-state index contributed by atoms with van der Waals surface area (Å²) in [5, 5.41) is 29.2. The number of aryl methyl sites for hydroxylation is 1. The van der Waals surface area contributed by atoms with Crippen molar-refractivity contribution in [1.29, 1.82) is 0 Å². The number of carbonyl (C=O) groups is 4. The average molecular weight is 722 g/mol. The molecular weight excluding hydrogens is 681 g/mol. The molecule has 0 radical (unpaired) electrons. The first-order valence-corrected chi connectivity index (χ1v) is 17.6. The molecule has 0 unspecified atom stereocenters. The highest BCUT2D eigenvalue weighted by Gasteiger charge is 2.29. The van der Waals surface area contributed by atoms with E-state index in [1.54, 1.807) is 19.1 Å². The van der Waals surface area contributed by atoms with E-state index in [1.165, 1.54) is 12.1 Å². The van der Waals surface area contributed by atoms with Gasteiger partial charge < -0.3 is 31.1 Å². The number of nitrogens with one attached hydrogen (secondary N) is 4. The minimum Gasteiger partial charge on any atom is -0.481 e. The van der Waals surface area contributed by atoms with Crippen LogP contribution in [0.5, 0.6) is 0 Å². The van der Waals surface area contributed by atoms with E-state index in [4.69, 9.17) is 0 Å². The standard InChI is InChI=1S/C40H40FN5O7/c1-22-43-32-14-11-26-10-9-24(18-30(26)36(32)39(51)44-22)21-42-28-12-13-29(31(41)20-28)37(49)45-33(15-16-35(47)48)38(50)46-34(40(52)53)19-23-5-4-8-27(17-23)25-6-2-3-7-25/h4-5,8-14,17-18,20,25,33-34,42H,2-3,6-7,15-16,19,21H2,1H3,(H,45,49)(H,46,50)(H,47,48)(H,52,53)(H,43,44,51)/t33-,34-/m0/s1. The maximum Gasteiger partial charge on any atom is 0.326 e. The minimum absolute atomic E-state index is 0.0185. The zero-order valence-electron chi connectivity index (χ0n) is 29.1. The normalized spacial score (nSPS) is 14.2. The minimum atomic E-state index is -1.45. The lowest BCUT2D eigenvalue weighted by atomic mass is 9.94. The Morgan fingerprint density at radius 2 is 1.70 bits per heavy atom. The van der Waals surface area contributed by atoms with Gasteiger partial charge in [-0.2, -0.15) is 0 Å². The molecule has 0 spiro atoms. The summed E-state index contributed by atoms with van der Waals surface area (Å²) in [5.41, 5.74) is 2.95. The largest absolute Gasteiger partial charge is 0.481 e. The fourth-order valence-corrected chi connectivity index (χ4v) is 6.96. The topological polar surface area (TPSA) is 191 Å². The van der Waals surface area contributed by atoms with Crippen LogP contribution in [0.15, 0.2) is 77.6 Å². The van der Waals surface area contributed by atoms with Gasteiger partial charge in [-0.25, -0.2) is 14.2 Å². The summed E-state index contributed by atoms with van der Waals surface area (Å²) < 4.78 is 15.3. The second-order valence-corrected chi connectivity index (χ2v) is 13.5. The summed E-state index contributed by atoms with van der Waals surface area (Å²) >= 11 is 0. The van der Waals surface area contributed by atoms with Crippen LogP contribution >= 0.6 is 0 Å². The molecule has 6 rings (SSSR count). The van der Waals surface area contributed by atoms with E-state index in [0.29, 0.717) is 28.3 Å². The van der Waals surface area contributed by atoms with Crippen LogP contribution in [0.3, 0.4) is 0 Å². The number of carboxylic acid groups (broad SMARTS) is 2. The third kappa shape index (κ3) is 8.86. The van der Waals surface area contributed by atoms with Crippen molar-refractivity contribution in [3.8, 4) is 0 Å². The summed E-state index contributed by atoms with van der Waals surface area (Å²) in [6.45, 7) is 1.98. The number of nitrogens with zero attached hydrogens (tertiary/aromatic N) is 1. The Kier molecular flexibility index (Phi) is 11.1. The molecule has 1 aliphatic rings. The highest BCUT2D eigenvalue weighted by Crippen LogP contribution is 2.34. The molecule has 274 valence electrons. The Balaban J connectivity index is 1.12. The number of benzene rings is 4. The highest BCUT2D eigenvalue weighted by atomic mass is 19.1. The summed E-state index contributed by atoms with van der Waals surface area (Å²) in [6, 6.07) is 18.0. The molecule has 5 aromatic rings. The van der Waals surface area contributed by atoms with Gasteiger partial charge in [-0.1, -0.05) is 55.3 Å². The first-order chi connectivity index (χ1) is 25.4. The number of halogens is 1. The Morgan fingerprint density at radius 3 is 2.43 bits per heavy atom. The molecule has 1 saturated carbocycles. The Hall–Kier alpha value is -6.11. The van der Waals surface area contributed by atoms with Crippen molar-refractivity contribution >= 4 is 51.1 Å². The number of carboxylic acids is 2. The van der Waals surface area contributed by atoms with Gasteiger partial charge in [0.2, 0.25) is 5.91 Å². The molecule has 13 heteroatoms. The van der Waals surface area contributed by atoms with Crippen molar-refractivity contribution in [2.24, 2.45) is 0 Å². The van der Waals surface area contributed by atoms with E-state index >= 15 is 4.39 Å². The molecule has 0 aliphatic heterocycles. The number of hydrogen-bond donors (Lipinski definition) is 6. The van der Waals surface area contributed by atoms with Crippen LogP contribution in [0.25, 0.3) is 21.7 Å². The molecule has 6 N–H and O–H groups in total. The van der Waals surface area contributed by atoms with Crippen LogP contribution < -0.4 is 21.5 Å². The van der Waals surface area contributed by atoms with Crippen LogP contribution in [0.1, 0.15) is 77.3 Å². The van der Waals surface area contributed by atoms with Crippen molar-refractivity contribution in [2.75, 3.05) is 5.32 Å². The molecule has 0 saturated heterocycles.